The first-order valence-electron chi connectivity index (χ1n) is 7.83. The Morgan fingerprint density at radius 3 is 2.69 bits per heavy atom. The van der Waals surface area contributed by atoms with Crippen LogP contribution in [0.4, 0.5) is 5.69 Å². The van der Waals surface area contributed by atoms with Crippen molar-refractivity contribution in [1.82, 2.24) is 4.57 Å². The summed E-state index contributed by atoms with van der Waals surface area (Å²) < 4.78 is 2.41. The lowest BCUT2D eigenvalue weighted by atomic mass is 10.1. The molecule has 3 rings (SSSR count). The molecule has 7 heteroatoms. The number of amides is 1. The predicted octanol–water partition coefficient (Wildman–Crippen LogP) is 4.64. The van der Waals surface area contributed by atoms with Gasteiger partial charge in [-0.25, -0.2) is 0 Å². The van der Waals surface area contributed by atoms with Gasteiger partial charge in [0.15, 0.2) is 11.8 Å². The monoisotopic (exact) mass is 413 g/mol. The molecule has 132 valence electrons. The van der Waals surface area contributed by atoms with E-state index in [2.05, 4.69) is 32.7 Å². The van der Waals surface area contributed by atoms with E-state index in [1.54, 1.807) is 47.0 Å². The zero-order valence-corrected chi connectivity index (χ0v) is 15.3. The quantitative estimate of drug-likeness (QED) is 0.471. The zero-order valence-electron chi connectivity index (χ0n) is 13.7. The molecule has 0 radical (unpaired) electrons. The van der Waals surface area contributed by atoms with Gasteiger partial charge in [0.05, 0.1) is 5.52 Å². The van der Waals surface area contributed by atoms with Gasteiger partial charge in [0, 0.05) is 16.4 Å². The first kappa shape index (κ1) is 18.0. The van der Waals surface area contributed by atoms with Crippen LogP contribution < -0.4 is 0 Å². The summed E-state index contributed by atoms with van der Waals surface area (Å²) in [6.07, 6.45) is 0.238. The fourth-order valence-corrected chi connectivity index (χ4v) is 3.00. The molecule has 0 aliphatic heterocycles. The Balaban J connectivity index is 1.99. The zero-order chi connectivity index (χ0) is 18.7. The molecule has 2 N–H and O–H groups in total. The van der Waals surface area contributed by atoms with Crippen molar-refractivity contribution >= 4 is 38.4 Å². The molecule has 1 aromatic heterocycles. The molecule has 2 aromatic carbocycles. The van der Waals surface area contributed by atoms with Crippen molar-refractivity contribution in [1.29, 1.82) is 0 Å². The SMILES string of the molecule is C=CCn1c(O)c(N=NC(=O)[C@H](O)c2ccccc2)c2cc(Br)ccc21. The molecule has 1 heterocycles. The molecule has 0 unspecified atom stereocenters. The number of aromatic hydroxyl groups is 1. The number of aliphatic hydroxyl groups is 1. The molecule has 0 fully saturated rings. The highest BCUT2D eigenvalue weighted by molar-refractivity contribution is 9.10. The summed E-state index contributed by atoms with van der Waals surface area (Å²) in [7, 11) is 0. The third-order valence-corrected chi connectivity index (χ3v) is 4.37. The number of aliphatic hydroxyl groups excluding tert-OH is 1. The van der Waals surface area contributed by atoms with Gasteiger partial charge in [-0.15, -0.1) is 16.8 Å². The number of carbonyl (C=O) groups excluding carboxylic acids is 1. The normalized spacial score (nSPS) is 12.5. The highest BCUT2D eigenvalue weighted by Gasteiger charge is 2.19. The third kappa shape index (κ3) is 3.44. The lowest BCUT2D eigenvalue weighted by molar-refractivity contribution is -0.126. The summed E-state index contributed by atoms with van der Waals surface area (Å²) >= 11 is 3.38. The number of hydrogen-bond donors (Lipinski definition) is 2. The standard InChI is InChI=1S/C19H16BrN3O3/c1-2-10-23-15-9-8-13(20)11-14(15)16(19(23)26)21-22-18(25)17(24)12-6-4-3-5-7-12/h2-9,11,17,24,26H,1,10H2/t17-/m1/s1. The number of allylic oxidation sites excluding steroid dienone is 1. The van der Waals surface area contributed by atoms with Gasteiger partial charge in [0.2, 0.25) is 5.88 Å². The second kappa shape index (κ2) is 7.63. The molecule has 1 atom stereocenters. The van der Waals surface area contributed by atoms with Crippen LogP contribution in [0.15, 0.2) is 75.9 Å². The summed E-state index contributed by atoms with van der Waals surface area (Å²) in [6, 6.07) is 13.9. The van der Waals surface area contributed by atoms with E-state index in [1.165, 1.54) is 0 Å². The second-order valence-corrected chi connectivity index (χ2v) is 6.50. The van der Waals surface area contributed by atoms with Crippen LogP contribution in [0.1, 0.15) is 11.7 Å². The summed E-state index contributed by atoms with van der Waals surface area (Å²) in [5, 5.41) is 28.7. The lowest BCUT2D eigenvalue weighted by Gasteiger charge is -2.05. The third-order valence-electron chi connectivity index (χ3n) is 3.88. The van der Waals surface area contributed by atoms with Crippen molar-refractivity contribution in [3.63, 3.8) is 0 Å². The highest BCUT2D eigenvalue weighted by Crippen LogP contribution is 2.40. The Labute approximate surface area is 158 Å². The molecule has 3 aromatic rings. The maximum absolute atomic E-state index is 12.1. The Morgan fingerprint density at radius 2 is 2.00 bits per heavy atom. The van der Waals surface area contributed by atoms with Crippen molar-refractivity contribution in [3.8, 4) is 5.88 Å². The number of aromatic nitrogens is 1. The topological polar surface area (TPSA) is 87.2 Å². The molecule has 0 aliphatic rings. The number of rotatable bonds is 5. The van der Waals surface area contributed by atoms with Crippen molar-refractivity contribution in [2.24, 2.45) is 10.2 Å². The Morgan fingerprint density at radius 1 is 1.27 bits per heavy atom. The van der Waals surface area contributed by atoms with Crippen LogP contribution in [-0.4, -0.2) is 20.7 Å². The van der Waals surface area contributed by atoms with E-state index in [9.17, 15) is 15.0 Å². The highest BCUT2D eigenvalue weighted by atomic mass is 79.9. The van der Waals surface area contributed by atoms with Crippen LogP contribution in [0, 0.1) is 0 Å². The average Bonchev–Trinajstić information content (AvgIpc) is 2.91. The van der Waals surface area contributed by atoms with Gasteiger partial charge in [-0.3, -0.25) is 4.79 Å². The molecule has 0 saturated heterocycles. The van der Waals surface area contributed by atoms with E-state index in [0.717, 1.165) is 9.99 Å². The Kier molecular flexibility index (Phi) is 5.29. The minimum Gasteiger partial charge on any atom is -0.493 e. The molecule has 0 spiro atoms. The van der Waals surface area contributed by atoms with Gasteiger partial charge >= 0.3 is 0 Å². The van der Waals surface area contributed by atoms with Crippen LogP contribution in [0.2, 0.25) is 0 Å². The van der Waals surface area contributed by atoms with Gasteiger partial charge in [0.1, 0.15) is 0 Å². The number of nitrogens with zero attached hydrogens (tertiary/aromatic N) is 3. The number of hydrogen-bond acceptors (Lipinski definition) is 4. The molecular formula is C19H16BrN3O3. The summed E-state index contributed by atoms with van der Waals surface area (Å²) in [5.41, 5.74) is 1.32. The van der Waals surface area contributed by atoms with Crippen LogP contribution >= 0.6 is 15.9 Å². The molecule has 6 nitrogen and oxygen atoms in total. The number of halogens is 1. The van der Waals surface area contributed by atoms with Crippen molar-refractivity contribution < 1.29 is 15.0 Å². The van der Waals surface area contributed by atoms with E-state index in [1.807, 2.05) is 12.1 Å². The van der Waals surface area contributed by atoms with Crippen LogP contribution in [-0.2, 0) is 11.3 Å². The van der Waals surface area contributed by atoms with E-state index in [0.29, 0.717) is 17.5 Å². The number of azo groups is 1. The number of benzene rings is 2. The van der Waals surface area contributed by atoms with E-state index in [4.69, 9.17) is 0 Å². The van der Waals surface area contributed by atoms with Crippen LogP contribution in [0.25, 0.3) is 10.9 Å². The van der Waals surface area contributed by atoms with Gasteiger partial charge in [0.25, 0.3) is 5.91 Å². The maximum atomic E-state index is 12.1. The molecular weight excluding hydrogens is 398 g/mol. The Bertz CT molecular complexity index is 996. The van der Waals surface area contributed by atoms with Gasteiger partial charge in [-0.05, 0) is 23.8 Å². The second-order valence-electron chi connectivity index (χ2n) is 5.58. The van der Waals surface area contributed by atoms with E-state index >= 15 is 0 Å². The molecule has 1 amide bonds. The van der Waals surface area contributed by atoms with Gasteiger partial charge in [-0.1, -0.05) is 52.3 Å². The summed E-state index contributed by atoms with van der Waals surface area (Å²) in [5.74, 6) is -0.932. The minimum absolute atomic E-state index is 0.122. The first-order valence-corrected chi connectivity index (χ1v) is 8.62. The largest absolute Gasteiger partial charge is 0.493 e. The Hall–Kier alpha value is -2.77. The number of fused-ring (bicyclic) bond motifs is 1. The maximum Gasteiger partial charge on any atom is 0.297 e. The van der Waals surface area contributed by atoms with Crippen molar-refractivity contribution in [3.05, 3.63) is 71.2 Å². The predicted molar refractivity (Wildman–Crippen MR) is 102 cm³/mol. The minimum atomic E-state index is -1.41. The summed E-state index contributed by atoms with van der Waals surface area (Å²) in [4.78, 5) is 12.1. The average molecular weight is 414 g/mol. The number of carbonyl (C=O) groups is 1. The van der Waals surface area contributed by atoms with E-state index in [-0.39, 0.29) is 11.6 Å². The first-order chi connectivity index (χ1) is 12.5. The lowest BCUT2D eigenvalue weighted by Crippen LogP contribution is -2.08. The smallest absolute Gasteiger partial charge is 0.297 e. The van der Waals surface area contributed by atoms with Crippen molar-refractivity contribution in [2.45, 2.75) is 12.6 Å². The summed E-state index contributed by atoms with van der Waals surface area (Å²) in [6.45, 7) is 4.05. The van der Waals surface area contributed by atoms with E-state index < -0.39 is 12.0 Å². The molecule has 0 aliphatic carbocycles. The van der Waals surface area contributed by atoms with Crippen LogP contribution in [0.5, 0.6) is 5.88 Å². The molecule has 26 heavy (non-hydrogen) atoms. The fraction of sp³-hybridized carbons (Fsp3) is 0.105. The molecule has 0 saturated carbocycles. The van der Waals surface area contributed by atoms with Crippen molar-refractivity contribution in [2.75, 3.05) is 0 Å². The van der Waals surface area contributed by atoms with Crippen LogP contribution in [0.3, 0.4) is 0 Å². The van der Waals surface area contributed by atoms with Gasteiger partial charge in [-0.2, -0.15) is 0 Å². The fourth-order valence-electron chi connectivity index (χ4n) is 2.64. The van der Waals surface area contributed by atoms with Gasteiger partial charge < -0.3 is 14.8 Å². The molecule has 0 bridgehead atoms.